The van der Waals surface area contributed by atoms with Crippen LogP contribution in [-0.4, -0.2) is 17.3 Å². The molecule has 84 valence electrons. The molecule has 0 N–H and O–H groups in total. The second kappa shape index (κ2) is 4.83. The summed E-state index contributed by atoms with van der Waals surface area (Å²) >= 11 is 1.84. The molecule has 0 bridgehead atoms. The first-order chi connectivity index (χ1) is 7.66. The topological polar surface area (TPSA) is 34.1 Å². The minimum Gasteiger partial charge on any atom is -0.300 e. The third-order valence-electron chi connectivity index (χ3n) is 2.64. The van der Waals surface area contributed by atoms with Crippen LogP contribution in [0.4, 0.5) is 0 Å². The second-order valence-corrected chi connectivity index (χ2v) is 5.21. The molecule has 0 spiro atoms. The van der Waals surface area contributed by atoms with E-state index in [4.69, 9.17) is 0 Å². The number of rotatable bonds is 3. The van der Waals surface area contributed by atoms with E-state index in [1.165, 1.54) is 23.8 Å². The highest BCUT2D eigenvalue weighted by Crippen LogP contribution is 2.30. The minimum atomic E-state index is -0.0721. The molecule has 2 rings (SSSR count). The Morgan fingerprint density at radius 1 is 1.38 bits per heavy atom. The van der Waals surface area contributed by atoms with Crippen molar-refractivity contribution in [3.63, 3.8) is 0 Å². The number of hydrogen-bond acceptors (Lipinski definition) is 3. The highest BCUT2D eigenvalue weighted by atomic mass is 32.2. The van der Waals surface area contributed by atoms with Gasteiger partial charge in [0, 0.05) is 10.5 Å². The minimum absolute atomic E-state index is 0.0198. The molecule has 0 saturated heterocycles. The van der Waals surface area contributed by atoms with Gasteiger partial charge in [-0.15, -0.1) is 11.8 Å². The summed E-state index contributed by atoms with van der Waals surface area (Å²) in [5, 5.41) is 0. The van der Waals surface area contributed by atoms with Crippen molar-refractivity contribution in [2.24, 2.45) is 0 Å². The largest absolute Gasteiger partial charge is 0.300 e. The molecule has 0 saturated carbocycles. The fourth-order valence-electron chi connectivity index (χ4n) is 1.86. The average molecular weight is 234 g/mol. The number of benzene rings is 1. The van der Waals surface area contributed by atoms with Gasteiger partial charge in [-0.05, 0) is 43.2 Å². The number of thioether (sulfide) groups is 1. The van der Waals surface area contributed by atoms with Crippen LogP contribution in [0.25, 0.3) is 0 Å². The van der Waals surface area contributed by atoms with E-state index < -0.39 is 0 Å². The van der Waals surface area contributed by atoms with Crippen molar-refractivity contribution in [2.75, 3.05) is 5.75 Å². The Hall–Kier alpha value is -1.09. The number of fused-ring (bicyclic) bond motifs is 1. The van der Waals surface area contributed by atoms with Gasteiger partial charge in [0.05, 0.1) is 6.42 Å². The lowest BCUT2D eigenvalue weighted by Crippen LogP contribution is -2.07. The van der Waals surface area contributed by atoms with Crippen LogP contribution < -0.4 is 0 Å². The molecule has 2 nitrogen and oxygen atoms in total. The number of aryl methyl sites for hydroxylation is 1. The van der Waals surface area contributed by atoms with E-state index in [0.29, 0.717) is 5.56 Å². The first-order valence-corrected chi connectivity index (χ1v) is 6.44. The summed E-state index contributed by atoms with van der Waals surface area (Å²) in [7, 11) is 0. The van der Waals surface area contributed by atoms with E-state index in [1.54, 1.807) is 0 Å². The molecule has 0 fully saturated rings. The van der Waals surface area contributed by atoms with Gasteiger partial charge in [0.2, 0.25) is 0 Å². The maximum atomic E-state index is 11.7. The molecular weight excluding hydrogens is 220 g/mol. The Morgan fingerprint density at radius 3 is 2.94 bits per heavy atom. The Kier molecular flexibility index (Phi) is 3.44. The standard InChI is InChI=1S/C13H14O2S/c1-9(14)7-12(15)10-4-5-13-11(8-10)3-2-6-16-13/h4-5,8H,2-3,6-7H2,1H3. The van der Waals surface area contributed by atoms with Crippen molar-refractivity contribution >= 4 is 23.3 Å². The van der Waals surface area contributed by atoms with Crippen LogP contribution in [0.2, 0.25) is 0 Å². The van der Waals surface area contributed by atoms with Gasteiger partial charge in [-0.25, -0.2) is 0 Å². The highest BCUT2D eigenvalue weighted by Gasteiger charge is 2.14. The molecular formula is C13H14O2S. The number of Topliss-reactive ketones (excluding diaryl/α,β-unsaturated/α-hetero) is 2. The molecule has 1 aliphatic rings. The molecule has 0 aromatic heterocycles. The lowest BCUT2D eigenvalue weighted by Gasteiger charge is -2.15. The molecule has 0 unspecified atom stereocenters. The normalized spacial score (nSPS) is 14.3. The SMILES string of the molecule is CC(=O)CC(=O)c1ccc2c(c1)CCCS2. The summed E-state index contributed by atoms with van der Waals surface area (Å²) in [5.41, 5.74) is 1.93. The third kappa shape index (κ3) is 2.53. The summed E-state index contributed by atoms with van der Waals surface area (Å²) < 4.78 is 0. The van der Waals surface area contributed by atoms with Gasteiger partial charge in [0.1, 0.15) is 5.78 Å². The van der Waals surface area contributed by atoms with Gasteiger partial charge in [-0.3, -0.25) is 9.59 Å². The molecule has 0 aliphatic carbocycles. The van der Waals surface area contributed by atoms with Crippen molar-refractivity contribution in [1.82, 2.24) is 0 Å². The van der Waals surface area contributed by atoms with Gasteiger partial charge >= 0.3 is 0 Å². The van der Waals surface area contributed by atoms with Gasteiger partial charge < -0.3 is 0 Å². The first-order valence-electron chi connectivity index (χ1n) is 5.45. The van der Waals surface area contributed by atoms with Gasteiger partial charge in [0.25, 0.3) is 0 Å². The van der Waals surface area contributed by atoms with Crippen LogP contribution in [0.1, 0.15) is 35.7 Å². The summed E-state index contributed by atoms with van der Waals surface area (Å²) in [4.78, 5) is 23.9. The van der Waals surface area contributed by atoms with Gasteiger partial charge in [0.15, 0.2) is 5.78 Å². The second-order valence-electron chi connectivity index (χ2n) is 4.08. The molecule has 1 heterocycles. The number of carbonyl (C=O) groups excluding carboxylic acids is 2. The van der Waals surface area contributed by atoms with Crippen molar-refractivity contribution in [3.05, 3.63) is 29.3 Å². The number of carbonyl (C=O) groups is 2. The zero-order valence-corrected chi connectivity index (χ0v) is 10.1. The maximum absolute atomic E-state index is 11.7. The third-order valence-corrected chi connectivity index (χ3v) is 3.84. The monoisotopic (exact) mass is 234 g/mol. The van der Waals surface area contributed by atoms with Crippen LogP contribution in [-0.2, 0) is 11.2 Å². The van der Waals surface area contributed by atoms with Gasteiger partial charge in [-0.2, -0.15) is 0 Å². The molecule has 1 aromatic carbocycles. The fourth-order valence-corrected chi connectivity index (χ4v) is 2.88. The number of ketones is 2. The summed E-state index contributed by atoms with van der Waals surface area (Å²) in [6.45, 7) is 1.45. The molecule has 3 heteroatoms. The average Bonchev–Trinajstić information content (AvgIpc) is 2.27. The Labute approximate surface area is 99.4 Å². The van der Waals surface area contributed by atoms with Crippen LogP contribution in [0.15, 0.2) is 23.1 Å². The summed E-state index contributed by atoms with van der Waals surface area (Å²) in [6.07, 6.45) is 2.23. The lowest BCUT2D eigenvalue weighted by atomic mass is 10.0. The van der Waals surface area contributed by atoms with Crippen LogP contribution >= 0.6 is 11.8 Å². The Balaban J connectivity index is 2.23. The van der Waals surface area contributed by atoms with Gasteiger partial charge in [-0.1, -0.05) is 6.07 Å². The predicted octanol–water partition coefficient (Wildman–Crippen LogP) is 2.89. The predicted molar refractivity (Wildman–Crippen MR) is 65.1 cm³/mol. The van der Waals surface area contributed by atoms with Crippen molar-refractivity contribution in [2.45, 2.75) is 31.1 Å². The van der Waals surface area contributed by atoms with Crippen LogP contribution in [0, 0.1) is 0 Å². The summed E-state index contributed by atoms with van der Waals surface area (Å²) in [6, 6.07) is 5.79. The lowest BCUT2D eigenvalue weighted by molar-refractivity contribution is -0.116. The van der Waals surface area contributed by atoms with Crippen molar-refractivity contribution in [1.29, 1.82) is 0 Å². The zero-order valence-electron chi connectivity index (χ0n) is 9.29. The maximum Gasteiger partial charge on any atom is 0.170 e. The molecule has 0 amide bonds. The number of hydrogen-bond donors (Lipinski definition) is 0. The van der Waals surface area contributed by atoms with E-state index in [1.807, 2.05) is 30.0 Å². The summed E-state index contributed by atoms with van der Waals surface area (Å²) in [5.74, 6) is 1.02. The van der Waals surface area contributed by atoms with Crippen LogP contribution in [0.5, 0.6) is 0 Å². The van der Waals surface area contributed by atoms with E-state index in [-0.39, 0.29) is 18.0 Å². The van der Waals surface area contributed by atoms with Crippen LogP contribution in [0.3, 0.4) is 0 Å². The van der Waals surface area contributed by atoms with Crippen molar-refractivity contribution in [3.8, 4) is 0 Å². The highest BCUT2D eigenvalue weighted by molar-refractivity contribution is 7.99. The first kappa shape index (κ1) is 11.4. The fraction of sp³-hybridized carbons (Fsp3) is 0.385. The Bertz CT molecular complexity index is 438. The van der Waals surface area contributed by atoms with E-state index in [0.717, 1.165) is 12.2 Å². The Morgan fingerprint density at radius 2 is 2.19 bits per heavy atom. The molecule has 16 heavy (non-hydrogen) atoms. The molecule has 1 aromatic rings. The van der Waals surface area contributed by atoms with E-state index in [9.17, 15) is 9.59 Å². The van der Waals surface area contributed by atoms with E-state index >= 15 is 0 Å². The molecule has 0 atom stereocenters. The quantitative estimate of drug-likeness (QED) is 0.595. The van der Waals surface area contributed by atoms with Crippen molar-refractivity contribution < 1.29 is 9.59 Å². The molecule has 1 aliphatic heterocycles. The molecule has 0 radical (unpaired) electrons. The van der Waals surface area contributed by atoms with E-state index in [2.05, 4.69) is 0 Å². The smallest absolute Gasteiger partial charge is 0.170 e. The zero-order chi connectivity index (χ0) is 11.5.